The molecule has 0 radical (unpaired) electrons. The van der Waals surface area contributed by atoms with E-state index >= 15 is 0 Å². The molecule has 1 aromatic rings. The van der Waals surface area contributed by atoms with Crippen LogP contribution >= 0.6 is 0 Å². The highest BCUT2D eigenvalue weighted by atomic mass is 16.3. The number of amides is 1. The lowest BCUT2D eigenvalue weighted by molar-refractivity contribution is -0.130. The first-order chi connectivity index (χ1) is 8.00. The fourth-order valence-corrected chi connectivity index (χ4v) is 1.48. The Morgan fingerprint density at radius 2 is 2.29 bits per heavy atom. The van der Waals surface area contributed by atoms with Crippen LogP contribution in [-0.2, 0) is 11.3 Å². The van der Waals surface area contributed by atoms with E-state index in [-0.39, 0.29) is 11.9 Å². The van der Waals surface area contributed by atoms with Crippen LogP contribution in [0, 0.1) is 0 Å². The van der Waals surface area contributed by atoms with Crippen LogP contribution in [0.5, 0.6) is 0 Å². The minimum atomic E-state index is -0.563. The van der Waals surface area contributed by atoms with Gasteiger partial charge in [0.2, 0.25) is 5.91 Å². The van der Waals surface area contributed by atoms with Gasteiger partial charge in [-0.2, -0.15) is 5.10 Å². The minimum absolute atomic E-state index is 0.00344. The first-order valence-electron chi connectivity index (χ1n) is 5.60. The molecule has 2 unspecified atom stereocenters. The number of nitrogens with zero attached hydrogens (tertiary/aromatic N) is 3. The number of rotatable bonds is 6. The Bertz CT molecular complexity index is 337. The first kappa shape index (κ1) is 13.7. The predicted molar refractivity (Wildman–Crippen MR) is 64.4 cm³/mol. The third-order valence-corrected chi connectivity index (χ3v) is 2.43. The molecule has 0 fully saturated rings. The average molecular weight is 240 g/mol. The van der Waals surface area contributed by atoms with Crippen molar-refractivity contribution in [2.75, 3.05) is 20.6 Å². The minimum Gasteiger partial charge on any atom is -0.390 e. The lowest BCUT2D eigenvalue weighted by atomic mass is 10.2. The summed E-state index contributed by atoms with van der Waals surface area (Å²) < 4.78 is 1.66. The molecule has 1 amide bonds. The maximum atomic E-state index is 11.5. The van der Waals surface area contributed by atoms with Crippen LogP contribution in [0.3, 0.4) is 0 Å². The largest absolute Gasteiger partial charge is 0.390 e. The molecule has 2 atom stereocenters. The first-order valence-corrected chi connectivity index (χ1v) is 5.60. The summed E-state index contributed by atoms with van der Waals surface area (Å²) in [5.41, 5.74) is 0. The van der Waals surface area contributed by atoms with Gasteiger partial charge in [-0.3, -0.25) is 9.48 Å². The second-order valence-electron chi connectivity index (χ2n) is 4.24. The third kappa shape index (κ3) is 4.54. The van der Waals surface area contributed by atoms with E-state index in [4.69, 9.17) is 0 Å². The molecule has 0 saturated carbocycles. The van der Waals surface area contributed by atoms with Crippen LogP contribution in [0.1, 0.15) is 6.92 Å². The quantitative estimate of drug-likeness (QED) is 0.690. The lowest BCUT2D eigenvalue weighted by Gasteiger charge is -2.19. The van der Waals surface area contributed by atoms with E-state index in [0.717, 1.165) is 0 Å². The molecule has 17 heavy (non-hydrogen) atoms. The smallest absolute Gasteiger partial charge is 0.238 e. The van der Waals surface area contributed by atoms with Crippen molar-refractivity contribution < 1.29 is 9.90 Å². The highest BCUT2D eigenvalue weighted by Crippen LogP contribution is 1.93. The van der Waals surface area contributed by atoms with Gasteiger partial charge in [-0.15, -0.1) is 0 Å². The van der Waals surface area contributed by atoms with Crippen molar-refractivity contribution in [3.63, 3.8) is 0 Å². The zero-order valence-corrected chi connectivity index (χ0v) is 10.5. The van der Waals surface area contributed by atoms with Gasteiger partial charge in [0, 0.05) is 33.0 Å². The van der Waals surface area contributed by atoms with E-state index < -0.39 is 6.10 Å². The summed E-state index contributed by atoms with van der Waals surface area (Å²) in [6.45, 7) is 2.56. The van der Waals surface area contributed by atoms with Gasteiger partial charge in [-0.1, -0.05) is 0 Å². The lowest BCUT2D eigenvalue weighted by Crippen LogP contribution is -2.44. The van der Waals surface area contributed by atoms with Crippen molar-refractivity contribution in [3.05, 3.63) is 18.5 Å². The Kier molecular flexibility index (Phi) is 5.11. The van der Waals surface area contributed by atoms with Gasteiger partial charge in [-0.05, 0) is 13.0 Å². The number of carbonyl (C=O) groups excluding carboxylic acids is 1. The molecule has 1 aromatic heterocycles. The van der Waals surface area contributed by atoms with Gasteiger partial charge < -0.3 is 15.3 Å². The third-order valence-electron chi connectivity index (χ3n) is 2.43. The summed E-state index contributed by atoms with van der Waals surface area (Å²) in [6, 6.07) is 1.51. The number of hydrogen-bond donors (Lipinski definition) is 2. The van der Waals surface area contributed by atoms with Gasteiger partial charge in [-0.25, -0.2) is 0 Å². The molecule has 0 aliphatic carbocycles. The number of nitrogens with one attached hydrogen (secondary N) is 1. The highest BCUT2D eigenvalue weighted by Gasteiger charge is 2.15. The van der Waals surface area contributed by atoms with Gasteiger partial charge in [0.25, 0.3) is 0 Å². The summed E-state index contributed by atoms with van der Waals surface area (Å²) in [7, 11) is 3.42. The standard InChI is InChI=1S/C11H20N4O2/c1-9(11(17)14(2)3)12-7-10(16)8-15-6-4-5-13-15/h4-6,9-10,12,16H,7-8H2,1-3H3. The van der Waals surface area contributed by atoms with Crippen molar-refractivity contribution in [3.8, 4) is 0 Å². The van der Waals surface area contributed by atoms with Crippen LogP contribution < -0.4 is 5.32 Å². The van der Waals surface area contributed by atoms with Crippen LogP contribution in [0.15, 0.2) is 18.5 Å². The monoisotopic (exact) mass is 240 g/mol. The zero-order chi connectivity index (χ0) is 12.8. The number of hydrogen-bond acceptors (Lipinski definition) is 4. The van der Waals surface area contributed by atoms with Crippen molar-refractivity contribution in [1.82, 2.24) is 20.0 Å². The summed E-state index contributed by atoms with van der Waals surface area (Å²) in [5.74, 6) is -0.00344. The van der Waals surface area contributed by atoms with E-state index in [9.17, 15) is 9.90 Å². The zero-order valence-electron chi connectivity index (χ0n) is 10.5. The topological polar surface area (TPSA) is 70.4 Å². The van der Waals surface area contributed by atoms with E-state index in [2.05, 4.69) is 10.4 Å². The Labute approximate surface area is 101 Å². The Balaban J connectivity index is 2.28. The van der Waals surface area contributed by atoms with Gasteiger partial charge >= 0.3 is 0 Å². The number of aliphatic hydroxyl groups is 1. The number of aliphatic hydroxyl groups excluding tert-OH is 1. The van der Waals surface area contributed by atoms with E-state index in [1.807, 2.05) is 0 Å². The fourth-order valence-electron chi connectivity index (χ4n) is 1.48. The molecule has 0 saturated heterocycles. The summed E-state index contributed by atoms with van der Waals surface area (Å²) >= 11 is 0. The number of carbonyl (C=O) groups is 1. The molecule has 1 heterocycles. The second kappa shape index (κ2) is 6.36. The molecule has 2 N–H and O–H groups in total. The fraction of sp³-hybridized carbons (Fsp3) is 0.636. The molecule has 0 aromatic carbocycles. The van der Waals surface area contributed by atoms with Crippen molar-refractivity contribution in [2.45, 2.75) is 25.6 Å². The van der Waals surface area contributed by atoms with Gasteiger partial charge in [0.1, 0.15) is 0 Å². The molecule has 0 spiro atoms. The van der Waals surface area contributed by atoms with E-state index in [1.54, 1.807) is 44.2 Å². The molecule has 96 valence electrons. The van der Waals surface area contributed by atoms with Crippen LogP contribution in [0.2, 0.25) is 0 Å². The molecule has 6 heteroatoms. The Hall–Kier alpha value is -1.40. The highest BCUT2D eigenvalue weighted by molar-refractivity contribution is 5.80. The second-order valence-corrected chi connectivity index (χ2v) is 4.24. The maximum Gasteiger partial charge on any atom is 0.238 e. The molecular weight excluding hydrogens is 220 g/mol. The van der Waals surface area contributed by atoms with Crippen LogP contribution in [0.25, 0.3) is 0 Å². The van der Waals surface area contributed by atoms with Crippen molar-refractivity contribution in [1.29, 1.82) is 0 Å². The molecule has 0 aliphatic heterocycles. The molecule has 0 aliphatic rings. The molecule has 6 nitrogen and oxygen atoms in total. The van der Waals surface area contributed by atoms with Crippen molar-refractivity contribution in [2.24, 2.45) is 0 Å². The molecular formula is C11H20N4O2. The van der Waals surface area contributed by atoms with E-state index in [0.29, 0.717) is 13.1 Å². The van der Waals surface area contributed by atoms with E-state index in [1.165, 1.54) is 4.90 Å². The summed E-state index contributed by atoms with van der Waals surface area (Å²) in [4.78, 5) is 13.1. The summed E-state index contributed by atoms with van der Waals surface area (Å²) in [6.07, 6.45) is 2.89. The predicted octanol–water partition coefficient (Wildman–Crippen LogP) is -0.690. The molecule has 0 bridgehead atoms. The molecule has 1 rings (SSSR count). The van der Waals surface area contributed by atoms with Crippen LogP contribution in [0.4, 0.5) is 0 Å². The summed E-state index contributed by atoms with van der Waals surface area (Å²) in [5, 5.41) is 16.7. The van der Waals surface area contributed by atoms with Gasteiger partial charge in [0.05, 0.1) is 18.7 Å². The number of aromatic nitrogens is 2. The van der Waals surface area contributed by atoms with Gasteiger partial charge in [0.15, 0.2) is 0 Å². The Morgan fingerprint density at radius 1 is 1.59 bits per heavy atom. The Morgan fingerprint density at radius 3 is 2.82 bits per heavy atom. The maximum absolute atomic E-state index is 11.5. The average Bonchev–Trinajstić information content (AvgIpc) is 2.77. The number of likely N-dealkylation sites (N-methyl/N-ethyl adjacent to an activating group) is 1. The van der Waals surface area contributed by atoms with Crippen molar-refractivity contribution >= 4 is 5.91 Å². The SMILES string of the molecule is CC(NCC(O)Cn1cccn1)C(=O)N(C)C. The van der Waals surface area contributed by atoms with Crippen LogP contribution in [-0.4, -0.2) is 58.5 Å². The normalized spacial score (nSPS) is 14.4.